The first-order valence-electron chi connectivity index (χ1n) is 27.6. The smallest absolute Gasteiger partial charge is 0.306 e. The number of hydrogen-bond donors (Lipinski definition) is 0. The van der Waals surface area contributed by atoms with E-state index in [0.29, 0.717) is 19.3 Å². The van der Waals surface area contributed by atoms with Gasteiger partial charge in [0, 0.05) is 19.3 Å². The minimum atomic E-state index is -0.787. The molecule has 0 aliphatic heterocycles. The highest BCUT2D eigenvalue weighted by molar-refractivity contribution is 5.71. The average molecular weight is 919 g/mol. The van der Waals surface area contributed by atoms with Gasteiger partial charge in [0.2, 0.25) is 0 Å². The zero-order chi connectivity index (χ0) is 47.9. The summed E-state index contributed by atoms with van der Waals surface area (Å²) in [5.41, 5.74) is 0. The second-order valence-corrected chi connectivity index (χ2v) is 18.1. The fourth-order valence-electron chi connectivity index (χ4n) is 7.47. The van der Waals surface area contributed by atoms with Gasteiger partial charge in [-0.3, -0.25) is 14.4 Å². The minimum Gasteiger partial charge on any atom is -0.462 e. The van der Waals surface area contributed by atoms with Crippen LogP contribution in [0, 0.1) is 0 Å². The van der Waals surface area contributed by atoms with Crippen molar-refractivity contribution in [2.75, 3.05) is 13.2 Å². The average Bonchev–Trinajstić information content (AvgIpc) is 3.31. The maximum atomic E-state index is 12.8. The lowest BCUT2D eigenvalue weighted by molar-refractivity contribution is -0.167. The molecular weight excluding hydrogens is 817 g/mol. The Morgan fingerprint density at radius 3 is 1.00 bits per heavy atom. The van der Waals surface area contributed by atoms with E-state index >= 15 is 0 Å². The highest BCUT2D eigenvalue weighted by Gasteiger charge is 2.19. The van der Waals surface area contributed by atoms with E-state index in [-0.39, 0.29) is 31.1 Å². The second kappa shape index (κ2) is 54.2. The van der Waals surface area contributed by atoms with E-state index in [1.54, 1.807) is 0 Å². The van der Waals surface area contributed by atoms with Gasteiger partial charge in [0.15, 0.2) is 6.10 Å². The molecule has 6 heteroatoms. The van der Waals surface area contributed by atoms with Crippen molar-refractivity contribution in [3.8, 4) is 0 Å². The molecule has 0 N–H and O–H groups in total. The minimum absolute atomic E-state index is 0.0869. The van der Waals surface area contributed by atoms with E-state index in [4.69, 9.17) is 14.2 Å². The van der Waals surface area contributed by atoms with Gasteiger partial charge < -0.3 is 14.2 Å². The highest BCUT2D eigenvalue weighted by Crippen LogP contribution is 2.14. The Kier molecular flexibility index (Phi) is 51.4. The van der Waals surface area contributed by atoms with Gasteiger partial charge >= 0.3 is 17.9 Å². The van der Waals surface area contributed by atoms with E-state index in [1.807, 2.05) is 0 Å². The molecule has 0 aromatic heterocycles. The van der Waals surface area contributed by atoms with Gasteiger partial charge in [-0.1, -0.05) is 215 Å². The standard InChI is InChI=1S/C60H102O6/c1-4-7-10-13-16-19-22-24-26-28-29-30-31-33-34-36-38-41-44-47-50-53-59(62)65-56-57(55-64-58(61)52-49-46-43-40-21-18-15-12-9-6-3)66-60(63)54-51-48-45-42-39-37-35-32-27-25-23-20-17-14-11-8-5-2/h7,10,12,15-17,19-20,24-27,29-30,57H,4-6,8-9,11,13-14,18,21-23,28,31-56H2,1-3H3/b10-7-,15-12-,19-16-,20-17-,26-24-,27-25-,30-29-. The van der Waals surface area contributed by atoms with Crippen LogP contribution >= 0.6 is 0 Å². The summed E-state index contributed by atoms with van der Waals surface area (Å²) in [5.74, 6) is -0.911. The van der Waals surface area contributed by atoms with Crippen molar-refractivity contribution in [1.82, 2.24) is 0 Å². The van der Waals surface area contributed by atoms with Gasteiger partial charge in [-0.05, 0) is 109 Å². The van der Waals surface area contributed by atoms with Crippen molar-refractivity contribution >= 4 is 17.9 Å². The molecule has 0 saturated carbocycles. The summed E-state index contributed by atoms with van der Waals surface area (Å²) in [4.78, 5) is 38.0. The lowest BCUT2D eigenvalue weighted by atomic mass is 10.1. The Hall–Kier alpha value is -3.41. The van der Waals surface area contributed by atoms with Crippen molar-refractivity contribution in [2.24, 2.45) is 0 Å². The topological polar surface area (TPSA) is 78.9 Å². The monoisotopic (exact) mass is 919 g/mol. The summed E-state index contributed by atoms with van der Waals surface area (Å²) < 4.78 is 16.8. The van der Waals surface area contributed by atoms with E-state index in [0.717, 1.165) is 116 Å². The molecule has 0 aliphatic rings. The van der Waals surface area contributed by atoms with E-state index in [9.17, 15) is 14.4 Å². The number of hydrogen-bond acceptors (Lipinski definition) is 6. The first-order chi connectivity index (χ1) is 32.5. The first kappa shape index (κ1) is 62.6. The summed E-state index contributed by atoms with van der Waals surface area (Å²) >= 11 is 0. The predicted octanol–water partition coefficient (Wildman–Crippen LogP) is 18.4. The molecule has 0 aromatic carbocycles. The van der Waals surface area contributed by atoms with Crippen LogP contribution in [0.15, 0.2) is 85.1 Å². The third-order valence-corrected chi connectivity index (χ3v) is 11.6. The summed E-state index contributed by atoms with van der Waals surface area (Å²) in [6.07, 6.45) is 70.0. The number of rotatable bonds is 49. The molecule has 0 heterocycles. The maximum Gasteiger partial charge on any atom is 0.306 e. The van der Waals surface area contributed by atoms with Crippen LogP contribution in [0.25, 0.3) is 0 Å². The molecule has 0 spiro atoms. The number of esters is 3. The van der Waals surface area contributed by atoms with Crippen LogP contribution in [0.3, 0.4) is 0 Å². The molecule has 6 nitrogen and oxygen atoms in total. The third kappa shape index (κ3) is 51.6. The van der Waals surface area contributed by atoms with Crippen molar-refractivity contribution in [2.45, 2.75) is 264 Å². The van der Waals surface area contributed by atoms with Crippen LogP contribution in [0.1, 0.15) is 258 Å². The molecule has 1 unspecified atom stereocenters. The second-order valence-electron chi connectivity index (χ2n) is 18.1. The Labute approximate surface area is 407 Å². The molecule has 378 valence electrons. The van der Waals surface area contributed by atoms with Gasteiger partial charge in [0.25, 0.3) is 0 Å². The summed E-state index contributed by atoms with van der Waals surface area (Å²) in [6.45, 7) is 6.42. The van der Waals surface area contributed by atoms with Gasteiger partial charge in [-0.2, -0.15) is 0 Å². The largest absolute Gasteiger partial charge is 0.462 e. The van der Waals surface area contributed by atoms with Crippen LogP contribution < -0.4 is 0 Å². The van der Waals surface area contributed by atoms with Crippen molar-refractivity contribution in [3.05, 3.63) is 85.1 Å². The zero-order valence-corrected chi connectivity index (χ0v) is 43.2. The number of ether oxygens (including phenoxy) is 3. The number of unbranched alkanes of at least 4 members (excludes halogenated alkanes) is 24. The Bertz CT molecular complexity index is 1290. The fraction of sp³-hybridized carbons (Fsp3) is 0.717. The third-order valence-electron chi connectivity index (χ3n) is 11.6. The molecule has 0 radical (unpaired) electrons. The quantitative estimate of drug-likeness (QED) is 0.0262. The summed E-state index contributed by atoms with van der Waals surface area (Å²) in [5, 5.41) is 0. The normalized spacial score (nSPS) is 12.7. The van der Waals surface area contributed by atoms with Gasteiger partial charge in [0.1, 0.15) is 13.2 Å². The molecule has 1 atom stereocenters. The molecule has 0 amide bonds. The van der Waals surface area contributed by atoms with Crippen molar-refractivity contribution in [1.29, 1.82) is 0 Å². The molecular formula is C60H102O6. The molecule has 0 rings (SSSR count). The van der Waals surface area contributed by atoms with Crippen LogP contribution in [-0.2, 0) is 28.6 Å². The molecule has 0 saturated heterocycles. The van der Waals surface area contributed by atoms with E-state index in [2.05, 4.69) is 106 Å². The molecule has 0 bridgehead atoms. The Morgan fingerprint density at radius 1 is 0.318 bits per heavy atom. The van der Waals surface area contributed by atoms with Crippen molar-refractivity contribution < 1.29 is 28.6 Å². The molecule has 0 aromatic rings. The summed E-state index contributed by atoms with van der Waals surface area (Å²) in [6, 6.07) is 0. The molecule has 66 heavy (non-hydrogen) atoms. The van der Waals surface area contributed by atoms with Crippen LogP contribution in [0.2, 0.25) is 0 Å². The molecule has 0 fully saturated rings. The fourth-order valence-corrected chi connectivity index (χ4v) is 7.47. The SMILES string of the molecule is CC/C=C\C/C=C\C/C=C\C/C=C\CCCCCCCCCCC(=O)OCC(COC(=O)CCCCCCC/C=C\CCC)OC(=O)CCCCCCCCC/C=C\C/C=C\CCCCC. The van der Waals surface area contributed by atoms with Crippen LogP contribution in [0.5, 0.6) is 0 Å². The van der Waals surface area contributed by atoms with Gasteiger partial charge in [-0.15, -0.1) is 0 Å². The van der Waals surface area contributed by atoms with E-state index < -0.39 is 6.10 Å². The van der Waals surface area contributed by atoms with Crippen LogP contribution in [-0.4, -0.2) is 37.2 Å². The molecule has 0 aliphatic carbocycles. The number of allylic oxidation sites excluding steroid dienone is 14. The maximum absolute atomic E-state index is 12.8. The number of carbonyl (C=O) groups excluding carboxylic acids is 3. The Balaban J connectivity index is 4.34. The van der Waals surface area contributed by atoms with Gasteiger partial charge in [0.05, 0.1) is 0 Å². The lowest BCUT2D eigenvalue weighted by Crippen LogP contribution is -2.30. The number of carbonyl (C=O) groups is 3. The highest BCUT2D eigenvalue weighted by atomic mass is 16.6. The zero-order valence-electron chi connectivity index (χ0n) is 43.2. The van der Waals surface area contributed by atoms with Crippen molar-refractivity contribution in [3.63, 3.8) is 0 Å². The van der Waals surface area contributed by atoms with E-state index in [1.165, 1.54) is 103 Å². The first-order valence-corrected chi connectivity index (χ1v) is 27.6. The Morgan fingerprint density at radius 2 is 0.621 bits per heavy atom. The summed E-state index contributed by atoms with van der Waals surface area (Å²) in [7, 11) is 0. The lowest BCUT2D eigenvalue weighted by Gasteiger charge is -2.18. The van der Waals surface area contributed by atoms with Gasteiger partial charge in [-0.25, -0.2) is 0 Å². The van der Waals surface area contributed by atoms with Crippen LogP contribution in [0.4, 0.5) is 0 Å². The predicted molar refractivity (Wildman–Crippen MR) is 284 cm³/mol.